The first-order valence-electron chi connectivity index (χ1n) is 5.40. The number of hydrogen-bond donors (Lipinski definition) is 0. The summed E-state index contributed by atoms with van der Waals surface area (Å²) in [5, 5.41) is 1.00. The van der Waals surface area contributed by atoms with Crippen LogP contribution >= 0.6 is 27.5 Å². The van der Waals surface area contributed by atoms with Crippen molar-refractivity contribution in [3.63, 3.8) is 0 Å². The highest BCUT2D eigenvalue weighted by atomic mass is 79.9. The van der Waals surface area contributed by atoms with Crippen molar-refractivity contribution in [3.8, 4) is 0 Å². The van der Waals surface area contributed by atoms with Crippen molar-refractivity contribution in [1.29, 1.82) is 0 Å². The Labute approximate surface area is 114 Å². The number of nitrogens with zero attached hydrogens (tertiary/aromatic N) is 1. The molecule has 0 heterocycles. The maximum Gasteiger partial charge on any atom is 0.255 e. The quantitative estimate of drug-likeness (QED) is 0.757. The smallest absolute Gasteiger partial charge is 0.255 e. The van der Waals surface area contributed by atoms with Crippen LogP contribution in [0.2, 0.25) is 5.02 Å². The van der Waals surface area contributed by atoms with Gasteiger partial charge in [0.15, 0.2) is 0 Å². The maximum atomic E-state index is 12.9. The molecule has 0 aliphatic carbocycles. The van der Waals surface area contributed by atoms with Gasteiger partial charge in [0, 0.05) is 18.4 Å². The molecule has 0 aromatic heterocycles. The zero-order chi connectivity index (χ0) is 12.8. The molecule has 0 radical (unpaired) electrons. The van der Waals surface area contributed by atoms with E-state index in [-0.39, 0.29) is 10.9 Å². The summed E-state index contributed by atoms with van der Waals surface area (Å²) < 4.78 is 12.9. The first-order chi connectivity index (χ1) is 8.10. The van der Waals surface area contributed by atoms with Gasteiger partial charge in [0.1, 0.15) is 5.82 Å². The van der Waals surface area contributed by atoms with Crippen molar-refractivity contribution in [3.05, 3.63) is 34.6 Å². The van der Waals surface area contributed by atoms with Crippen molar-refractivity contribution in [2.45, 2.75) is 13.3 Å². The van der Waals surface area contributed by atoms with Gasteiger partial charge in [0.2, 0.25) is 0 Å². The zero-order valence-electron chi connectivity index (χ0n) is 9.55. The maximum absolute atomic E-state index is 12.9. The van der Waals surface area contributed by atoms with Gasteiger partial charge in [-0.1, -0.05) is 27.5 Å². The van der Waals surface area contributed by atoms with Crippen molar-refractivity contribution < 1.29 is 9.18 Å². The second-order valence-corrected chi connectivity index (χ2v) is 4.75. The Bertz CT molecular complexity index is 400. The normalized spacial score (nSPS) is 10.4. The fourth-order valence-electron chi connectivity index (χ4n) is 1.49. The topological polar surface area (TPSA) is 20.3 Å². The molecule has 0 spiro atoms. The molecule has 0 atom stereocenters. The summed E-state index contributed by atoms with van der Waals surface area (Å²) in [6, 6.07) is 3.83. The van der Waals surface area contributed by atoms with Gasteiger partial charge in [-0.05, 0) is 31.5 Å². The van der Waals surface area contributed by atoms with Gasteiger partial charge in [0.05, 0.1) is 10.6 Å². The highest BCUT2D eigenvalue weighted by Gasteiger charge is 2.16. The minimum absolute atomic E-state index is 0.154. The Morgan fingerprint density at radius 1 is 1.53 bits per heavy atom. The minimum Gasteiger partial charge on any atom is -0.339 e. The Morgan fingerprint density at radius 2 is 2.24 bits per heavy atom. The van der Waals surface area contributed by atoms with Crippen LogP contribution in [0.5, 0.6) is 0 Å². The lowest BCUT2D eigenvalue weighted by Crippen LogP contribution is -2.32. The molecule has 17 heavy (non-hydrogen) atoms. The van der Waals surface area contributed by atoms with Crippen LogP contribution in [0.25, 0.3) is 0 Å². The highest BCUT2D eigenvalue weighted by Crippen LogP contribution is 2.19. The third kappa shape index (κ3) is 3.96. The van der Waals surface area contributed by atoms with Gasteiger partial charge in [0.25, 0.3) is 5.91 Å². The largest absolute Gasteiger partial charge is 0.339 e. The predicted molar refractivity (Wildman–Crippen MR) is 71.4 cm³/mol. The second kappa shape index (κ2) is 6.97. The van der Waals surface area contributed by atoms with Gasteiger partial charge >= 0.3 is 0 Å². The average Bonchev–Trinajstić information content (AvgIpc) is 2.29. The molecule has 2 nitrogen and oxygen atoms in total. The molecule has 94 valence electrons. The number of amides is 1. The van der Waals surface area contributed by atoms with Crippen LogP contribution in [0.3, 0.4) is 0 Å². The summed E-state index contributed by atoms with van der Waals surface area (Å²) in [4.78, 5) is 13.8. The third-order valence-corrected chi connectivity index (χ3v) is 3.27. The van der Waals surface area contributed by atoms with Crippen LogP contribution in [-0.4, -0.2) is 29.2 Å². The summed E-state index contributed by atoms with van der Waals surface area (Å²) >= 11 is 9.19. The molecule has 0 saturated heterocycles. The number of halogens is 3. The van der Waals surface area contributed by atoms with Gasteiger partial charge in [-0.3, -0.25) is 4.79 Å². The SMILES string of the molecule is CCN(CCCBr)C(=O)c1ccc(F)cc1Cl. The summed E-state index contributed by atoms with van der Waals surface area (Å²) in [6.45, 7) is 3.18. The lowest BCUT2D eigenvalue weighted by atomic mass is 10.2. The fourth-order valence-corrected chi connectivity index (χ4v) is 1.99. The first-order valence-corrected chi connectivity index (χ1v) is 6.90. The number of carbonyl (C=O) groups is 1. The molecule has 0 bridgehead atoms. The Balaban J connectivity index is 2.86. The molecule has 0 saturated carbocycles. The Kier molecular flexibility index (Phi) is 5.92. The average molecular weight is 323 g/mol. The molecular formula is C12H14BrClFNO. The summed E-state index contributed by atoms with van der Waals surface area (Å²) in [5.41, 5.74) is 0.351. The van der Waals surface area contributed by atoms with Crippen LogP contribution in [-0.2, 0) is 0 Å². The number of benzene rings is 1. The lowest BCUT2D eigenvalue weighted by molar-refractivity contribution is 0.0765. The van der Waals surface area contributed by atoms with E-state index < -0.39 is 5.82 Å². The van der Waals surface area contributed by atoms with Gasteiger partial charge < -0.3 is 4.90 Å². The molecule has 1 rings (SSSR count). The lowest BCUT2D eigenvalue weighted by Gasteiger charge is -2.21. The molecule has 5 heteroatoms. The highest BCUT2D eigenvalue weighted by molar-refractivity contribution is 9.09. The summed E-state index contributed by atoms with van der Waals surface area (Å²) in [6.07, 6.45) is 0.873. The molecule has 0 aliphatic rings. The number of alkyl halides is 1. The van der Waals surface area contributed by atoms with Crippen molar-refractivity contribution in [1.82, 2.24) is 4.90 Å². The van der Waals surface area contributed by atoms with Crippen LogP contribution in [0.1, 0.15) is 23.7 Å². The van der Waals surface area contributed by atoms with E-state index in [1.54, 1.807) is 4.90 Å². The van der Waals surface area contributed by atoms with E-state index in [0.29, 0.717) is 18.7 Å². The van der Waals surface area contributed by atoms with E-state index in [1.807, 2.05) is 6.92 Å². The molecule has 0 N–H and O–H groups in total. The monoisotopic (exact) mass is 321 g/mol. The molecule has 0 unspecified atom stereocenters. The van der Waals surface area contributed by atoms with Crippen molar-refractivity contribution >= 4 is 33.4 Å². The first kappa shape index (κ1) is 14.5. The predicted octanol–water partition coefficient (Wildman–Crippen LogP) is 3.73. The molecule has 1 amide bonds. The summed E-state index contributed by atoms with van der Waals surface area (Å²) in [7, 11) is 0. The zero-order valence-corrected chi connectivity index (χ0v) is 11.9. The fraction of sp³-hybridized carbons (Fsp3) is 0.417. The van der Waals surface area contributed by atoms with E-state index in [4.69, 9.17) is 11.6 Å². The Morgan fingerprint density at radius 3 is 2.76 bits per heavy atom. The van der Waals surface area contributed by atoms with Crippen LogP contribution in [0, 0.1) is 5.82 Å². The standard InChI is InChI=1S/C12H14BrClFNO/c1-2-16(7-3-6-13)12(17)10-5-4-9(15)8-11(10)14/h4-5,8H,2-3,6-7H2,1H3. The number of carbonyl (C=O) groups excluding carboxylic acids is 1. The molecule has 0 aliphatic heterocycles. The van der Waals surface area contributed by atoms with Crippen molar-refractivity contribution in [2.24, 2.45) is 0 Å². The number of rotatable bonds is 5. The van der Waals surface area contributed by atoms with Gasteiger partial charge in [-0.25, -0.2) is 4.39 Å². The van der Waals surface area contributed by atoms with Crippen molar-refractivity contribution in [2.75, 3.05) is 18.4 Å². The molecular weight excluding hydrogens is 308 g/mol. The van der Waals surface area contributed by atoms with Crippen LogP contribution in [0.4, 0.5) is 4.39 Å². The molecule has 0 fully saturated rings. The number of hydrogen-bond acceptors (Lipinski definition) is 1. The Hall–Kier alpha value is -0.610. The minimum atomic E-state index is -0.435. The van der Waals surface area contributed by atoms with E-state index >= 15 is 0 Å². The van der Waals surface area contributed by atoms with E-state index in [0.717, 1.165) is 17.8 Å². The van der Waals surface area contributed by atoms with E-state index in [9.17, 15) is 9.18 Å². The van der Waals surface area contributed by atoms with Gasteiger partial charge in [-0.15, -0.1) is 0 Å². The van der Waals surface area contributed by atoms with Crippen LogP contribution in [0.15, 0.2) is 18.2 Å². The van der Waals surface area contributed by atoms with E-state index in [2.05, 4.69) is 15.9 Å². The molecule has 1 aromatic rings. The molecule has 1 aromatic carbocycles. The third-order valence-electron chi connectivity index (χ3n) is 2.39. The second-order valence-electron chi connectivity index (χ2n) is 3.55. The summed E-state index contributed by atoms with van der Waals surface area (Å²) in [5.74, 6) is -0.589. The van der Waals surface area contributed by atoms with Gasteiger partial charge in [-0.2, -0.15) is 0 Å². The van der Waals surface area contributed by atoms with E-state index in [1.165, 1.54) is 12.1 Å². The van der Waals surface area contributed by atoms with Crippen LogP contribution < -0.4 is 0 Å².